The smallest absolute Gasteiger partial charge is 0.151 e. The summed E-state index contributed by atoms with van der Waals surface area (Å²) in [7, 11) is 0. The van der Waals surface area contributed by atoms with Gasteiger partial charge in [-0.15, -0.1) is 0 Å². The van der Waals surface area contributed by atoms with Crippen LogP contribution in [-0.2, 0) is 16.6 Å². The largest absolute Gasteiger partial charge is 0.388 e. The fourth-order valence-corrected chi connectivity index (χ4v) is 6.52. The Morgan fingerprint density at radius 2 is 1.93 bits per heavy atom. The van der Waals surface area contributed by atoms with Crippen molar-refractivity contribution < 1.29 is 14.9 Å². The Bertz CT molecular complexity index is 1520. The Balaban J connectivity index is 1.06. The number of H-pyrrole nitrogens is 1. The lowest BCUT2D eigenvalue weighted by Gasteiger charge is -2.46. The normalized spacial score (nSPS) is 27.0. The molecule has 41 heavy (non-hydrogen) atoms. The predicted molar refractivity (Wildman–Crippen MR) is 158 cm³/mol. The summed E-state index contributed by atoms with van der Waals surface area (Å²) in [5, 5.41) is 26.2. The van der Waals surface area contributed by atoms with Crippen molar-refractivity contribution in [2.45, 2.75) is 102 Å². The topological polar surface area (TPSA) is 138 Å². The van der Waals surface area contributed by atoms with Crippen molar-refractivity contribution in [2.24, 2.45) is 5.92 Å². The molecule has 5 N–H and O–H groups in total. The summed E-state index contributed by atoms with van der Waals surface area (Å²) in [5.41, 5.74) is 10.9. The number of anilines is 1. The van der Waals surface area contributed by atoms with E-state index in [0.717, 1.165) is 42.5 Å². The van der Waals surface area contributed by atoms with E-state index in [0.29, 0.717) is 41.6 Å². The molecule has 1 aliphatic carbocycles. The number of nitrogens with zero attached hydrogens (tertiary/aromatic N) is 5. The van der Waals surface area contributed by atoms with Gasteiger partial charge in [-0.25, -0.2) is 14.5 Å². The summed E-state index contributed by atoms with van der Waals surface area (Å²) in [5.74, 6) is 2.06. The van der Waals surface area contributed by atoms with Gasteiger partial charge in [-0.05, 0) is 74.3 Å². The molecule has 4 atom stereocenters. The van der Waals surface area contributed by atoms with Crippen LogP contribution < -0.4 is 5.73 Å². The van der Waals surface area contributed by atoms with Crippen LogP contribution in [0.1, 0.15) is 77.1 Å². The molecular weight excluding hydrogens is 518 g/mol. The Morgan fingerprint density at radius 3 is 2.66 bits per heavy atom. The minimum Gasteiger partial charge on any atom is -0.388 e. The van der Waals surface area contributed by atoms with Crippen molar-refractivity contribution >= 4 is 22.4 Å². The minimum atomic E-state index is -1.05. The number of nitrogens with two attached hydrogens (primary N) is 1. The molecule has 2 fully saturated rings. The van der Waals surface area contributed by atoms with Gasteiger partial charge in [0.2, 0.25) is 0 Å². The molecule has 10 nitrogen and oxygen atoms in total. The third-order valence-electron chi connectivity index (χ3n) is 9.09. The maximum atomic E-state index is 11.0. The zero-order valence-electron chi connectivity index (χ0n) is 24.7. The number of aliphatic hydroxyl groups excluding tert-OH is 2. The van der Waals surface area contributed by atoms with Crippen LogP contribution in [0.5, 0.6) is 0 Å². The van der Waals surface area contributed by atoms with E-state index in [-0.39, 0.29) is 5.41 Å². The van der Waals surface area contributed by atoms with Gasteiger partial charge in [0.25, 0.3) is 0 Å². The summed E-state index contributed by atoms with van der Waals surface area (Å²) < 4.78 is 7.92. The molecule has 0 spiro atoms. The fraction of sp³-hybridized carbons (Fsp3) is 0.581. The van der Waals surface area contributed by atoms with E-state index < -0.39 is 24.4 Å². The van der Waals surface area contributed by atoms with Crippen molar-refractivity contribution in [1.82, 2.24) is 29.5 Å². The molecule has 1 aromatic carbocycles. The van der Waals surface area contributed by atoms with Gasteiger partial charge in [0.05, 0.1) is 22.8 Å². The number of benzene rings is 1. The van der Waals surface area contributed by atoms with E-state index >= 15 is 0 Å². The van der Waals surface area contributed by atoms with Gasteiger partial charge >= 0.3 is 0 Å². The van der Waals surface area contributed by atoms with Crippen LogP contribution in [0.25, 0.3) is 16.6 Å². The molecule has 1 saturated carbocycles. The fourth-order valence-electron chi connectivity index (χ4n) is 6.52. The molecule has 4 heterocycles. The highest BCUT2D eigenvalue weighted by Crippen LogP contribution is 2.39. The molecule has 4 unspecified atom stereocenters. The van der Waals surface area contributed by atoms with Crippen LogP contribution in [0.2, 0.25) is 0 Å². The molecule has 6 rings (SSSR count). The summed E-state index contributed by atoms with van der Waals surface area (Å²) in [6.45, 7) is 11.6. The molecular formula is C31H43N7O3. The van der Waals surface area contributed by atoms with E-state index in [1.54, 1.807) is 4.52 Å². The number of imidazole rings is 1. The third kappa shape index (κ3) is 5.34. The number of ether oxygens (including phenoxy) is 1. The van der Waals surface area contributed by atoms with Crippen LogP contribution >= 0.6 is 0 Å². The minimum absolute atomic E-state index is 0.113. The molecule has 4 aromatic rings. The van der Waals surface area contributed by atoms with Gasteiger partial charge in [-0.2, -0.15) is 5.10 Å². The number of aromatic amines is 1. The summed E-state index contributed by atoms with van der Waals surface area (Å²) in [6.07, 6.45) is 2.40. The molecule has 220 valence electrons. The van der Waals surface area contributed by atoms with Crippen molar-refractivity contribution in [2.75, 3.05) is 12.3 Å². The van der Waals surface area contributed by atoms with Gasteiger partial charge < -0.3 is 25.7 Å². The first-order valence-electron chi connectivity index (χ1n) is 14.8. The highest BCUT2D eigenvalue weighted by Gasteiger charge is 2.46. The van der Waals surface area contributed by atoms with E-state index in [9.17, 15) is 10.2 Å². The lowest BCUT2D eigenvalue weighted by molar-refractivity contribution is -0.0445. The van der Waals surface area contributed by atoms with Crippen LogP contribution in [-0.4, -0.2) is 76.6 Å². The number of rotatable bonds is 8. The number of fused-ring (bicyclic) bond motifs is 2. The Labute approximate surface area is 240 Å². The van der Waals surface area contributed by atoms with Crippen molar-refractivity contribution in [3.05, 3.63) is 53.7 Å². The van der Waals surface area contributed by atoms with Crippen LogP contribution in [0.15, 0.2) is 36.7 Å². The van der Waals surface area contributed by atoms with Crippen LogP contribution in [0.4, 0.5) is 5.82 Å². The van der Waals surface area contributed by atoms with Crippen molar-refractivity contribution in [1.29, 1.82) is 0 Å². The van der Waals surface area contributed by atoms with E-state index in [1.165, 1.54) is 11.9 Å². The van der Waals surface area contributed by atoms with Crippen molar-refractivity contribution in [3.63, 3.8) is 0 Å². The van der Waals surface area contributed by atoms with Gasteiger partial charge in [-0.3, -0.25) is 4.90 Å². The second kappa shape index (κ2) is 10.7. The number of nitrogen functional groups attached to an aromatic ring is 1. The first kappa shape index (κ1) is 28.1. The molecule has 0 radical (unpaired) electrons. The summed E-state index contributed by atoms with van der Waals surface area (Å²) >= 11 is 0. The standard InChI is InChI=1S/C31H43N7O3/c1-17(2)37(15-25-27(39)28(40)29(41-25)23-9-10-24-30(32)33-16-34-38(23)24)20-12-18(13-20)6-11-26-35-21-8-7-19(31(3,4)5)14-22(21)36-26/h7-10,14,16-18,20,25,27-29,39-40H,6,11-13,15H2,1-5H3,(H,35,36)(H2,32,33,34). The van der Waals surface area contributed by atoms with Crippen LogP contribution in [0.3, 0.4) is 0 Å². The highest BCUT2D eigenvalue weighted by molar-refractivity contribution is 5.76. The second-order valence-electron chi connectivity index (χ2n) is 13.3. The van der Waals surface area contributed by atoms with E-state index in [1.807, 2.05) is 12.1 Å². The second-order valence-corrected chi connectivity index (χ2v) is 13.3. The molecule has 3 aromatic heterocycles. The zero-order valence-corrected chi connectivity index (χ0v) is 24.7. The third-order valence-corrected chi connectivity index (χ3v) is 9.09. The lowest BCUT2D eigenvalue weighted by Crippen LogP contribution is -2.52. The van der Waals surface area contributed by atoms with Gasteiger partial charge in [0.1, 0.15) is 36.0 Å². The Hall–Kier alpha value is -3.05. The zero-order chi connectivity index (χ0) is 29.1. The number of nitrogens with one attached hydrogen (secondary N) is 1. The van der Waals surface area contributed by atoms with Gasteiger partial charge in [0.15, 0.2) is 5.82 Å². The monoisotopic (exact) mass is 561 g/mol. The van der Waals surface area contributed by atoms with E-state index in [4.69, 9.17) is 15.5 Å². The van der Waals surface area contributed by atoms with Gasteiger partial charge in [-0.1, -0.05) is 26.8 Å². The van der Waals surface area contributed by atoms with Crippen LogP contribution in [0, 0.1) is 5.92 Å². The van der Waals surface area contributed by atoms with E-state index in [2.05, 4.69) is 72.8 Å². The number of aliphatic hydroxyl groups is 2. The molecule has 1 aliphatic heterocycles. The average molecular weight is 562 g/mol. The molecule has 10 heteroatoms. The number of aromatic nitrogens is 5. The lowest BCUT2D eigenvalue weighted by atomic mass is 9.76. The number of aryl methyl sites for hydroxylation is 1. The maximum absolute atomic E-state index is 11.0. The number of hydrogen-bond donors (Lipinski definition) is 4. The predicted octanol–water partition coefficient (Wildman–Crippen LogP) is 3.77. The first-order chi connectivity index (χ1) is 19.5. The SMILES string of the molecule is CC(C)N(CC1OC(c2ccc3c(N)ncnn23)C(O)C1O)C1CC(CCc2nc3ccc(C(C)(C)C)cc3[nH]2)C1. The molecule has 2 aliphatic rings. The maximum Gasteiger partial charge on any atom is 0.151 e. The summed E-state index contributed by atoms with van der Waals surface area (Å²) in [4.78, 5) is 14.8. The molecule has 0 amide bonds. The average Bonchev–Trinajstić information content (AvgIpc) is 3.58. The highest BCUT2D eigenvalue weighted by atomic mass is 16.5. The Morgan fingerprint density at radius 1 is 1.15 bits per heavy atom. The Kier molecular flexibility index (Phi) is 7.30. The molecule has 0 bridgehead atoms. The quantitative estimate of drug-likeness (QED) is 0.255. The first-order valence-corrected chi connectivity index (χ1v) is 14.8. The van der Waals surface area contributed by atoms with Crippen molar-refractivity contribution in [3.8, 4) is 0 Å². The summed E-state index contributed by atoms with van der Waals surface area (Å²) in [6, 6.07) is 10.9. The number of hydrogen-bond acceptors (Lipinski definition) is 8. The molecule has 1 saturated heterocycles. The van der Waals surface area contributed by atoms with Gasteiger partial charge in [0, 0.05) is 25.0 Å².